The van der Waals surface area contributed by atoms with E-state index in [9.17, 15) is 25.9 Å². The van der Waals surface area contributed by atoms with Gasteiger partial charge >= 0.3 is 0 Å². The number of nitrogens with zero attached hydrogens (tertiary/aromatic N) is 8. The summed E-state index contributed by atoms with van der Waals surface area (Å²) in [5, 5.41) is 12.4. The summed E-state index contributed by atoms with van der Waals surface area (Å²) in [4.78, 5) is 30.4. The average Bonchev–Trinajstić information content (AvgIpc) is 3.27. The van der Waals surface area contributed by atoms with Crippen molar-refractivity contribution in [3.63, 3.8) is 0 Å². The third-order valence-electron chi connectivity index (χ3n) is 9.76. The smallest absolute Gasteiger partial charge is 0.294 e. The van der Waals surface area contributed by atoms with Crippen LogP contribution in [0, 0.1) is 0 Å². The Hall–Kier alpha value is -6.56. The summed E-state index contributed by atoms with van der Waals surface area (Å²) in [6, 6.07) is 27.3. The highest BCUT2D eigenvalue weighted by molar-refractivity contribution is 7.86. The molecule has 2 aliphatic heterocycles. The van der Waals surface area contributed by atoms with Gasteiger partial charge in [-0.05, 0) is 72.5 Å². The first-order valence-corrected chi connectivity index (χ1v) is 22.4. The van der Waals surface area contributed by atoms with Crippen LogP contribution < -0.4 is 31.1 Å². The van der Waals surface area contributed by atoms with Crippen LogP contribution in [0.25, 0.3) is 0 Å². The van der Waals surface area contributed by atoms with Crippen molar-refractivity contribution in [2.75, 3.05) is 83.7 Å². The van der Waals surface area contributed by atoms with E-state index in [1.165, 1.54) is 24.3 Å². The van der Waals surface area contributed by atoms with Crippen LogP contribution in [0.5, 0.6) is 0 Å². The van der Waals surface area contributed by atoms with Crippen LogP contribution in [0.3, 0.4) is 0 Å². The minimum Gasteiger partial charge on any atom is -0.378 e. The summed E-state index contributed by atoms with van der Waals surface area (Å²) in [5.74, 6) is 1.46. The molecule has 0 amide bonds. The van der Waals surface area contributed by atoms with Crippen LogP contribution in [0.4, 0.5) is 58.4 Å². The van der Waals surface area contributed by atoms with Crippen LogP contribution in [-0.2, 0) is 42.6 Å². The highest BCUT2D eigenvalue weighted by atomic mass is 32.2. The Morgan fingerprint density at radius 1 is 0.468 bits per heavy atom. The van der Waals surface area contributed by atoms with E-state index >= 15 is 0 Å². The lowest BCUT2D eigenvalue weighted by Crippen LogP contribution is -2.37. The van der Waals surface area contributed by atoms with E-state index in [0.29, 0.717) is 64.5 Å². The Labute approximate surface area is 357 Å². The maximum Gasteiger partial charge on any atom is 0.294 e. The zero-order valence-corrected chi connectivity index (χ0v) is 34.7. The van der Waals surface area contributed by atoms with E-state index in [1.54, 1.807) is 12.1 Å². The normalized spacial score (nSPS) is 14.6. The second-order valence-electron chi connectivity index (χ2n) is 14.1. The summed E-state index contributed by atoms with van der Waals surface area (Å²) >= 11 is 0. The second-order valence-corrected chi connectivity index (χ2v) is 16.9. The first kappa shape index (κ1) is 42.1. The van der Waals surface area contributed by atoms with Crippen molar-refractivity contribution in [2.45, 2.75) is 22.6 Å². The number of anilines is 10. The van der Waals surface area contributed by atoms with E-state index in [2.05, 4.69) is 51.2 Å². The molecule has 0 spiro atoms. The summed E-state index contributed by atoms with van der Waals surface area (Å²) in [5.41, 5.74) is 2.36. The Morgan fingerprint density at radius 2 is 0.806 bits per heavy atom. The number of ether oxygens (including phenoxy) is 2. The van der Waals surface area contributed by atoms with Crippen molar-refractivity contribution in [3.8, 4) is 0 Å². The molecule has 2 aliphatic rings. The molecule has 0 radical (unpaired) electrons. The third kappa shape index (κ3) is 10.8. The Balaban J connectivity index is 1.03. The van der Waals surface area contributed by atoms with E-state index < -0.39 is 30.0 Å². The lowest BCUT2D eigenvalue weighted by atomic mass is 10.0. The highest BCUT2D eigenvalue weighted by Crippen LogP contribution is 2.29. The molecule has 322 valence electrons. The Kier molecular flexibility index (Phi) is 12.6. The van der Waals surface area contributed by atoms with Gasteiger partial charge in [0.2, 0.25) is 35.7 Å². The van der Waals surface area contributed by atoms with Gasteiger partial charge in [0.25, 0.3) is 20.2 Å². The minimum atomic E-state index is -4.78. The van der Waals surface area contributed by atoms with Gasteiger partial charge in [-0.2, -0.15) is 46.7 Å². The van der Waals surface area contributed by atoms with E-state index in [4.69, 9.17) is 9.47 Å². The van der Waals surface area contributed by atoms with Gasteiger partial charge in [0.15, 0.2) is 0 Å². The van der Waals surface area contributed by atoms with Gasteiger partial charge in [-0.15, -0.1) is 0 Å². The van der Waals surface area contributed by atoms with Crippen LogP contribution in [-0.4, -0.2) is 108 Å². The first-order chi connectivity index (χ1) is 29.9. The first-order valence-electron chi connectivity index (χ1n) is 19.5. The van der Waals surface area contributed by atoms with Crippen molar-refractivity contribution >= 4 is 78.7 Å². The van der Waals surface area contributed by atoms with Crippen molar-refractivity contribution in [2.24, 2.45) is 0 Å². The molecule has 2 fully saturated rings. The zero-order valence-electron chi connectivity index (χ0n) is 33.0. The quantitative estimate of drug-likeness (QED) is 0.0743. The van der Waals surface area contributed by atoms with Crippen LogP contribution in [0.2, 0.25) is 0 Å². The average molecular weight is 883 g/mol. The molecule has 0 aliphatic carbocycles. The molecule has 0 bridgehead atoms. The molecule has 4 aromatic carbocycles. The molecule has 6 N–H and O–H groups in total. The summed E-state index contributed by atoms with van der Waals surface area (Å²) in [6.07, 6.45) is -0.0681. The number of nitrogens with one attached hydrogen (secondary N) is 4. The van der Waals surface area contributed by atoms with E-state index in [1.807, 2.05) is 70.5 Å². The summed E-state index contributed by atoms with van der Waals surface area (Å²) < 4.78 is 82.7. The van der Waals surface area contributed by atoms with Gasteiger partial charge < -0.3 is 40.5 Å². The largest absolute Gasteiger partial charge is 0.378 e. The lowest BCUT2D eigenvalue weighted by Gasteiger charge is -2.27. The topological polar surface area (TPSA) is 259 Å². The molecule has 62 heavy (non-hydrogen) atoms. The minimum absolute atomic E-state index is 0.0341. The molecular formula is C40H42N12O8S2. The maximum absolute atomic E-state index is 12.8. The number of hydrogen-bond acceptors (Lipinski definition) is 18. The van der Waals surface area contributed by atoms with Crippen molar-refractivity contribution in [3.05, 3.63) is 108 Å². The molecule has 22 heteroatoms. The predicted octanol–water partition coefficient (Wildman–Crippen LogP) is 4.98. The number of rotatable bonds is 15. The van der Waals surface area contributed by atoms with Crippen LogP contribution in [0.1, 0.15) is 11.1 Å². The SMILES string of the molecule is O=S(=O)(O)c1cc(Nc2nc(Nc3ccccc3)nc(N3CCOCC3)n2)ccc1CCc1ccc(Nc2nc(Nc3ccccc3)nc(N3CCOCC3)n2)cc1S(=O)(=O)O. The zero-order chi connectivity index (χ0) is 43.1. The monoisotopic (exact) mass is 882 g/mol. The fourth-order valence-corrected chi connectivity index (χ4v) is 8.30. The number of aromatic nitrogens is 6. The van der Waals surface area contributed by atoms with Crippen molar-refractivity contribution in [1.29, 1.82) is 0 Å². The van der Waals surface area contributed by atoms with Crippen molar-refractivity contribution in [1.82, 2.24) is 29.9 Å². The highest BCUT2D eigenvalue weighted by Gasteiger charge is 2.23. The van der Waals surface area contributed by atoms with Crippen LogP contribution in [0.15, 0.2) is 107 Å². The molecule has 0 saturated carbocycles. The lowest BCUT2D eigenvalue weighted by molar-refractivity contribution is 0.122. The Bertz CT molecular complexity index is 2560. The molecule has 8 rings (SSSR count). The molecule has 4 heterocycles. The molecule has 0 unspecified atom stereocenters. The standard InChI is InChI=1S/C40H42N12O8S2/c53-61(54,55)33-25-31(43-37-45-35(41-29-7-3-1-4-8-29)47-39(49-37)51-17-21-59-22-18-51)15-13-27(33)11-12-28-14-16-32(26-34(28)62(56,57)58)44-38-46-36(42-30-9-5-2-6-10-30)48-40(50-38)52-19-23-60-24-20-52/h1-10,13-16,25-26H,11-12,17-24H2,(H,53,54,55)(H,56,57,58)(H2,41,43,45,47,49)(H2,42,44,46,48,50). The van der Waals surface area contributed by atoms with Crippen LogP contribution >= 0.6 is 0 Å². The van der Waals surface area contributed by atoms with Gasteiger partial charge in [0.05, 0.1) is 36.2 Å². The number of morpholine rings is 2. The molecule has 2 saturated heterocycles. The number of hydrogen-bond donors (Lipinski definition) is 6. The number of aryl methyl sites for hydroxylation is 2. The van der Waals surface area contributed by atoms with Gasteiger partial charge in [-0.3, -0.25) is 9.11 Å². The summed E-state index contributed by atoms with van der Waals surface area (Å²) in [6.45, 7) is 4.18. The second kappa shape index (κ2) is 18.6. The van der Waals surface area contributed by atoms with Gasteiger partial charge in [0, 0.05) is 48.9 Å². The van der Waals surface area contributed by atoms with Gasteiger partial charge in [0.1, 0.15) is 0 Å². The fourth-order valence-electron chi connectivity index (χ4n) is 6.75. The number of para-hydroxylation sites is 2. The predicted molar refractivity (Wildman–Crippen MR) is 232 cm³/mol. The number of benzene rings is 4. The summed E-state index contributed by atoms with van der Waals surface area (Å²) in [7, 11) is -9.56. The van der Waals surface area contributed by atoms with E-state index in [-0.39, 0.29) is 59.1 Å². The van der Waals surface area contributed by atoms with Gasteiger partial charge in [-0.25, -0.2) is 0 Å². The molecule has 0 atom stereocenters. The molecule has 2 aromatic heterocycles. The molecule has 20 nitrogen and oxygen atoms in total. The third-order valence-corrected chi connectivity index (χ3v) is 11.6. The Morgan fingerprint density at radius 3 is 1.15 bits per heavy atom. The fraction of sp³-hybridized carbons (Fsp3) is 0.250. The van der Waals surface area contributed by atoms with Gasteiger partial charge in [-0.1, -0.05) is 48.5 Å². The van der Waals surface area contributed by atoms with Crippen molar-refractivity contribution < 1.29 is 35.4 Å². The van der Waals surface area contributed by atoms with E-state index in [0.717, 1.165) is 11.4 Å². The maximum atomic E-state index is 12.8. The molecular weight excluding hydrogens is 841 g/mol. The molecule has 6 aromatic rings.